The van der Waals surface area contributed by atoms with Gasteiger partial charge in [-0.15, -0.1) is 0 Å². The number of fused-ring (bicyclic) bond motifs is 3. The van der Waals surface area contributed by atoms with Gasteiger partial charge in [0.15, 0.2) is 0 Å². The maximum atomic E-state index is 11.8. The number of hydrogen-bond donors (Lipinski definition) is 1. The van der Waals surface area contributed by atoms with Gasteiger partial charge in [0.1, 0.15) is 0 Å². The normalized spacial score (nSPS) is 15.2. The number of para-hydroxylation sites is 1. The van der Waals surface area contributed by atoms with Crippen LogP contribution in [0.1, 0.15) is 16.1 Å². The molecule has 1 aromatic carbocycles. The Hall–Kier alpha value is -1.77. The number of H-pyrrole nitrogens is 1. The van der Waals surface area contributed by atoms with Gasteiger partial charge < -0.3 is 9.88 Å². The molecule has 1 N–H and O–H groups in total. The van der Waals surface area contributed by atoms with E-state index in [2.05, 4.69) is 4.98 Å². The van der Waals surface area contributed by atoms with Crippen LogP contribution in [-0.4, -0.2) is 22.8 Å². The van der Waals surface area contributed by atoms with Crippen molar-refractivity contribution in [2.75, 3.05) is 7.05 Å². The van der Waals surface area contributed by atoms with Crippen molar-refractivity contribution >= 4 is 16.8 Å². The first kappa shape index (κ1) is 7.62. The second-order valence-corrected chi connectivity index (χ2v) is 3.69. The number of carbonyl (C=O) groups is 1. The predicted molar refractivity (Wildman–Crippen MR) is 54.1 cm³/mol. The monoisotopic (exact) mass is 186 g/mol. The summed E-state index contributed by atoms with van der Waals surface area (Å²) >= 11 is 0. The van der Waals surface area contributed by atoms with Crippen LogP contribution in [0.25, 0.3) is 10.9 Å². The fraction of sp³-hybridized carbons (Fsp3) is 0.182. The molecule has 14 heavy (non-hydrogen) atoms. The van der Waals surface area contributed by atoms with Crippen molar-refractivity contribution in [3.8, 4) is 0 Å². The molecule has 3 nitrogen and oxygen atoms in total. The zero-order valence-electron chi connectivity index (χ0n) is 7.87. The molecule has 0 atom stereocenters. The lowest BCUT2D eigenvalue weighted by molar-refractivity contribution is 0.0817. The molecule has 1 aliphatic heterocycles. The molecular formula is C11H10N2O. The third-order valence-electron chi connectivity index (χ3n) is 2.74. The van der Waals surface area contributed by atoms with Gasteiger partial charge in [0.05, 0.1) is 12.1 Å². The van der Waals surface area contributed by atoms with Gasteiger partial charge in [0, 0.05) is 23.6 Å². The first-order valence-corrected chi connectivity index (χ1v) is 4.62. The predicted octanol–water partition coefficient (Wildman–Crippen LogP) is 1.75. The molecule has 0 radical (unpaired) electrons. The molecule has 0 unspecified atom stereocenters. The molecule has 2 heterocycles. The van der Waals surface area contributed by atoms with Crippen molar-refractivity contribution in [2.24, 2.45) is 0 Å². The number of carbonyl (C=O) groups excluding carboxylic acids is 1. The fourth-order valence-electron chi connectivity index (χ4n) is 2.06. The van der Waals surface area contributed by atoms with Crippen LogP contribution in [-0.2, 0) is 6.54 Å². The summed E-state index contributed by atoms with van der Waals surface area (Å²) in [6.45, 7) is 0.697. The highest BCUT2D eigenvalue weighted by Gasteiger charge is 2.28. The first-order chi connectivity index (χ1) is 6.77. The van der Waals surface area contributed by atoms with Crippen molar-refractivity contribution in [2.45, 2.75) is 6.54 Å². The lowest BCUT2D eigenvalue weighted by Crippen LogP contribution is -2.18. The van der Waals surface area contributed by atoms with Crippen molar-refractivity contribution in [1.82, 2.24) is 9.88 Å². The fourth-order valence-corrected chi connectivity index (χ4v) is 2.06. The molecule has 0 saturated heterocycles. The SMILES string of the molecule is CN1Cc2[nH]c3ccccc3c2C1=O. The third kappa shape index (κ3) is 0.789. The Labute approximate surface area is 81.3 Å². The number of rotatable bonds is 0. The zero-order chi connectivity index (χ0) is 9.71. The molecule has 1 aliphatic rings. The Morgan fingerprint density at radius 2 is 2.14 bits per heavy atom. The second-order valence-electron chi connectivity index (χ2n) is 3.69. The van der Waals surface area contributed by atoms with Crippen LogP contribution in [0.5, 0.6) is 0 Å². The van der Waals surface area contributed by atoms with Crippen LogP contribution < -0.4 is 0 Å². The molecule has 70 valence electrons. The first-order valence-electron chi connectivity index (χ1n) is 4.62. The van der Waals surface area contributed by atoms with E-state index in [1.54, 1.807) is 4.90 Å². The Balaban J connectivity index is 2.38. The number of nitrogens with zero attached hydrogens (tertiary/aromatic N) is 1. The summed E-state index contributed by atoms with van der Waals surface area (Å²) in [5.41, 5.74) is 2.95. The minimum absolute atomic E-state index is 0.123. The number of aromatic nitrogens is 1. The summed E-state index contributed by atoms with van der Waals surface area (Å²) in [6.07, 6.45) is 0. The Morgan fingerprint density at radius 3 is 3.00 bits per heavy atom. The average Bonchev–Trinajstić information content (AvgIpc) is 2.65. The molecule has 0 spiro atoms. The number of hydrogen-bond acceptors (Lipinski definition) is 1. The maximum absolute atomic E-state index is 11.8. The van der Waals surface area contributed by atoms with Crippen molar-refractivity contribution in [1.29, 1.82) is 0 Å². The minimum atomic E-state index is 0.123. The molecule has 0 fully saturated rings. The molecule has 2 aromatic rings. The number of aromatic amines is 1. The van der Waals surface area contributed by atoms with Gasteiger partial charge in [0.25, 0.3) is 5.91 Å². The highest BCUT2D eigenvalue weighted by atomic mass is 16.2. The molecule has 0 aliphatic carbocycles. The maximum Gasteiger partial charge on any atom is 0.256 e. The summed E-state index contributed by atoms with van der Waals surface area (Å²) in [7, 11) is 1.82. The van der Waals surface area contributed by atoms with Crippen molar-refractivity contribution in [3.63, 3.8) is 0 Å². The summed E-state index contributed by atoms with van der Waals surface area (Å²) in [5.74, 6) is 0.123. The van der Waals surface area contributed by atoms with E-state index in [1.807, 2.05) is 31.3 Å². The molecule has 3 rings (SSSR count). The summed E-state index contributed by atoms with van der Waals surface area (Å²) in [4.78, 5) is 16.8. The van der Waals surface area contributed by atoms with Crippen LogP contribution >= 0.6 is 0 Å². The van der Waals surface area contributed by atoms with Gasteiger partial charge >= 0.3 is 0 Å². The van der Waals surface area contributed by atoms with Crippen molar-refractivity contribution in [3.05, 3.63) is 35.5 Å². The van der Waals surface area contributed by atoms with Gasteiger partial charge in [-0.25, -0.2) is 0 Å². The number of benzene rings is 1. The van der Waals surface area contributed by atoms with Crippen LogP contribution in [0.4, 0.5) is 0 Å². The van der Waals surface area contributed by atoms with E-state index < -0.39 is 0 Å². The molecule has 1 amide bonds. The quantitative estimate of drug-likeness (QED) is 0.668. The van der Waals surface area contributed by atoms with E-state index in [0.29, 0.717) is 6.54 Å². The van der Waals surface area contributed by atoms with E-state index >= 15 is 0 Å². The standard InChI is InChI=1S/C11H10N2O/c1-13-6-9-10(11(13)14)7-4-2-3-5-8(7)12-9/h2-5,12H,6H2,1H3. The minimum Gasteiger partial charge on any atom is -0.356 e. The lowest BCUT2D eigenvalue weighted by atomic mass is 10.1. The summed E-state index contributed by atoms with van der Waals surface area (Å²) in [6, 6.07) is 7.92. The number of nitrogens with one attached hydrogen (secondary N) is 1. The molecular weight excluding hydrogens is 176 g/mol. The topological polar surface area (TPSA) is 36.1 Å². The van der Waals surface area contributed by atoms with E-state index in [9.17, 15) is 4.79 Å². The number of amides is 1. The largest absolute Gasteiger partial charge is 0.356 e. The Morgan fingerprint density at radius 1 is 1.36 bits per heavy atom. The highest BCUT2D eigenvalue weighted by Crippen LogP contribution is 2.28. The Bertz CT molecular complexity index is 527. The molecule has 0 bridgehead atoms. The Kier molecular flexibility index (Phi) is 1.29. The molecule has 1 aromatic heterocycles. The van der Waals surface area contributed by atoms with E-state index in [-0.39, 0.29) is 5.91 Å². The highest BCUT2D eigenvalue weighted by molar-refractivity contribution is 6.09. The molecule has 3 heteroatoms. The van der Waals surface area contributed by atoms with Gasteiger partial charge in [-0.3, -0.25) is 4.79 Å². The lowest BCUT2D eigenvalue weighted by Gasteiger charge is -2.06. The van der Waals surface area contributed by atoms with Gasteiger partial charge in [-0.2, -0.15) is 0 Å². The zero-order valence-corrected chi connectivity index (χ0v) is 7.87. The second kappa shape index (κ2) is 2.38. The van der Waals surface area contributed by atoms with Gasteiger partial charge in [0.2, 0.25) is 0 Å². The van der Waals surface area contributed by atoms with Crippen LogP contribution in [0, 0.1) is 0 Å². The summed E-state index contributed by atoms with van der Waals surface area (Å²) < 4.78 is 0. The van der Waals surface area contributed by atoms with Gasteiger partial charge in [-0.05, 0) is 6.07 Å². The van der Waals surface area contributed by atoms with E-state index in [1.165, 1.54) is 0 Å². The smallest absolute Gasteiger partial charge is 0.256 e. The summed E-state index contributed by atoms with van der Waals surface area (Å²) in [5, 5.41) is 1.04. The third-order valence-corrected chi connectivity index (χ3v) is 2.74. The van der Waals surface area contributed by atoms with Crippen LogP contribution in [0.2, 0.25) is 0 Å². The van der Waals surface area contributed by atoms with Gasteiger partial charge in [-0.1, -0.05) is 18.2 Å². The van der Waals surface area contributed by atoms with Crippen LogP contribution in [0.3, 0.4) is 0 Å². The average molecular weight is 186 g/mol. The molecule has 0 saturated carbocycles. The van der Waals surface area contributed by atoms with E-state index in [4.69, 9.17) is 0 Å². The van der Waals surface area contributed by atoms with Crippen molar-refractivity contribution < 1.29 is 4.79 Å². The van der Waals surface area contributed by atoms with E-state index in [0.717, 1.165) is 22.2 Å². The van der Waals surface area contributed by atoms with Crippen LogP contribution in [0.15, 0.2) is 24.3 Å².